The summed E-state index contributed by atoms with van der Waals surface area (Å²) >= 11 is 0. The van der Waals surface area contributed by atoms with Crippen LogP contribution in [-0.2, 0) is 0 Å². The Balaban J connectivity index is 1.95. The van der Waals surface area contributed by atoms with Gasteiger partial charge < -0.3 is 15.0 Å². The molecule has 1 saturated heterocycles. The first-order chi connectivity index (χ1) is 8.36. The van der Waals surface area contributed by atoms with E-state index in [4.69, 9.17) is 4.74 Å². The number of methoxy groups -OCH3 is 1. The first-order valence-electron chi connectivity index (χ1n) is 6.11. The van der Waals surface area contributed by atoms with Crippen LogP contribution in [-0.4, -0.2) is 30.2 Å². The van der Waals surface area contributed by atoms with E-state index in [1.54, 1.807) is 7.11 Å². The number of H-pyrrole nitrogens is 1. The lowest BCUT2D eigenvalue weighted by Crippen LogP contribution is -2.26. The Hall–Kier alpha value is -1.55. The van der Waals surface area contributed by atoms with Gasteiger partial charge in [-0.25, -0.2) is 4.98 Å². The van der Waals surface area contributed by atoms with Gasteiger partial charge in [0.15, 0.2) is 0 Å². The van der Waals surface area contributed by atoms with Crippen LogP contribution in [0.15, 0.2) is 18.2 Å². The first kappa shape index (κ1) is 10.6. The molecule has 0 amide bonds. The van der Waals surface area contributed by atoms with Crippen LogP contribution >= 0.6 is 0 Å². The van der Waals surface area contributed by atoms with Crippen LogP contribution in [0.2, 0.25) is 0 Å². The molecule has 0 radical (unpaired) electrons. The predicted molar refractivity (Wildman–Crippen MR) is 67.5 cm³/mol. The fourth-order valence-electron chi connectivity index (χ4n) is 2.48. The molecule has 0 bridgehead atoms. The van der Waals surface area contributed by atoms with Gasteiger partial charge in [0.1, 0.15) is 0 Å². The van der Waals surface area contributed by atoms with E-state index in [0.717, 1.165) is 24.1 Å². The number of ether oxygens (including phenoxy) is 1. The second-order valence-electron chi connectivity index (χ2n) is 4.54. The van der Waals surface area contributed by atoms with E-state index < -0.39 is 0 Å². The van der Waals surface area contributed by atoms with Gasteiger partial charge in [-0.2, -0.15) is 0 Å². The Kier molecular flexibility index (Phi) is 2.73. The van der Waals surface area contributed by atoms with Crippen molar-refractivity contribution in [2.45, 2.75) is 18.8 Å². The maximum Gasteiger partial charge on any atom is 0.213 e. The predicted octanol–water partition coefficient (Wildman–Crippen LogP) is 2.04. The molecule has 1 aliphatic rings. The molecule has 3 heterocycles. The van der Waals surface area contributed by atoms with Gasteiger partial charge in [-0.1, -0.05) is 0 Å². The molecule has 0 saturated carbocycles. The van der Waals surface area contributed by atoms with Crippen molar-refractivity contribution in [3.63, 3.8) is 0 Å². The Morgan fingerprint density at radius 1 is 1.29 bits per heavy atom. The zero-order chi connectivity index (χ0) is 11.7. The molecule has 0 unspecified atom stereocenters. The average Bonchev–Trinajstić information content (AvgIpc) is 2.82. The molecule has 3 rings (SSSR count). The number of aromatic amines is 1. The van der Waals surface area contributed by atoms with Gasteiger partial charge in [0.2, 0.25) is 5.88 Å². The highest BCUT2D eigenvalue weighted by molar-refractivity contribution is 5.76. The summed E-state index contributed by atoms with van der Waals surface area (Å²) < 4.78 is 5.14. The van der Waals surface area contributed by atoms with E-state index >= 15 is 0 Å². The van der Waals surface area contributed by atoms with Gasteiger partial charge in [0, 0.05) is 17.7 Å². The summed E-state index contributed by atoms with van der Waals surface area (Å²) in [5, 5.41) is 3.39. The number of nitrogens with one attached hydrogen (secondary N) is 2. The van der Waals surface area contributed by atoms with Crippen molar-refractivity contribution in [2.24, 2.45) is 0 Å². The van der Waals surface area contributed by atoms with Crippen LogP contribution in [0.3, 0.4) is 0 Å². The van der Waals surface area contributed by atoms with Gasteiger partial charge in [0.05, 0.1) is 18.1 Å². The maximum atomic E-state index is 5.14. The molecular formula is C13H17N3O. The monoisotopic (exact) mass is 231 g/mol. The lowest BCUT2D eigenvalue weighted by Gasteiger charge is -2.21. The molecule has 2 aromatic rings. The highest BCUT2D eigenvalue weighted by Gasteiger charge is 2.17. The number of hydrogen-bond acceptors (Lipinski definition) is 3. The number of pyridine rings is 1. The highest BCUT2D eigenvalue weighted by atomic mass is 16.5. The third-order valence-electron chi connectivity index (χ3n) is 3.46. The molecule has 0 aromatic carbocycles. The van der Waals surface area contributed by atoms with Crippen LogP contribution in [0, 0.1) is 0 Å². The van der Waals surface area contributed by atoms with Crippen LogP contribution in [0.5, 0.6) is 5.88 Å². The molecule has 0 spiro atoms. The van der Waals surface area contributed by atoms with Crippen LogP contribution < -0.4 is 10.1 Å². The molecule has 0 aliphatic carbocycles. The third kappa shape index (κ3) is 2.00. The molecule has 2 aromatic heterocycles. The molecule has 1 fully saturated rings. The fourth-order valence-corrected chi connectivity index (χ4v) is 2.48. The lowest BCUT2D eigenvalue weighted by atomic mass is 9.95. The minimum atomic E-state index is 0.636. The molecule has 17 heavy (non-hydrogen) atoms. The summed E-state index contributed by atoms with van der Waals surface area (Å²) in [6.07, 6.45) is 2.40. The van der Waals surface area contributed by atoms with Crippen molar-refractivity contribution in [1.29, 1.82) is 0 Å². The van der Waals surface area contributed by atoms with Crippen molar-refractivity contribution >= 4 is 11.0 Å². The van der Waals surface area contributed by atoms with E-state index in [2.05, 4.69) is 21.4 Å². The summed E-state index contributed by atoms with van der Waals surface area (Å²) in [6.45, 7) is 2.22. The largest absolute Gasteiger partial charge is 0.481 e. The van der Waals surface area contributed by atoms with Gasteiger partial charge in [-0.05, 0) is 38.1 Å². The van der Waals surface area contributed by atoms with Gasteiger partial charge >= 0.3 is 0 Å². The zero-order valence-electron chi connectivity index (χ0n) is 9.99. The number of piperidine rings is 1. The maximum absolute atomic E-state index is 5.14. The van der Waals surface area contributed by atoms with Crippen molar-refractivity contribution < 1.29 is 4.74 Å². The van der Waals surface area contributed by atoms with Gasteiger partial charge in [0.25, 0.3) is 0 Å². The summed E-state index contributed by atoms with van der Waals surface area (Å²) in [7, 11) is 1.65. The minimum Gasteiger partial charge on any atom is -0.481 e. The summed E-state index contributed by atoms with van der Waals surface area (Å²) in [4.78, 5) is 7.91. The molecule has 4 heteroatoms. The summed E-state index contributed by atoms with van der Waals surface area (Å²) in [6, 6.07) is 6.09. The van der Waals surface area contributed by atoms with E-state index in [1.807, 2.05) is 12.1 Å². The Bertz CT molecular complexity index is 514. The number of fused-ring (bicyclic) bond motifs is 1. The molecule has 4 nitrogen and oxygen atoms in total. The van der Waals surface area contributed by atoms with E-state index in [9.17, 15) is 0 Å². The topological polar surface area (TPSA) is 49.9 Å². The van der Waals surface area contributed by atoms with Crippen LogP contribution in [0.1, 0.15) is 24.5 Å². The third-order valence-corrected chi connectivity index (χ3v) is 3.46. The SMILES string of the molecule is COc1ccc2[nH]c(C3CCNCC3)cc2n1. The van der Waals surface area contributed by atoms with Crippen LogP contribution in [0.4, 0.5) is 0 Å². The summed E-state index contributed by atoms with van der Waals surface area (Å²) in [5.41, 5.74) is 3.40. The van der Waals surface area contributed by atoms with Crippen molar-refractivity contribution in [1.82, 2.24) is 15.3 Å². The minimum absolute atomic E-state index is 0.636. The van der Waals surface area contributed by atoms with Gasteiger partial charge in [-0.15, -0.1) is 0 Å². The number of hydrogen-bond donors (Lipinski definition) is 2. The quantitative estimate of drug-likeness (QED) is 0.831. The molecular weight excluding hydrogens is 214 g/mol. The van der Waals surface area contributed by atoms with Crippen LogP contribution in [0.25, 0.3) is 11.0 Å². The smallest absolute Gasteiger partial charge is 0.213 e. The highest BCUT2D eigenvalue weighted by Crippen LogP contribution is 2.27. The van der Waals surface area contributed by atoms with Crippen molar-refractivity contribution in [3.05, 3.63) is 23.9 Å². The second-order valence-corrected chi connectivity index (χ2v) is 4.54. The molecule has 1 aliphatic heterocycles. The first-order valence-corrected chi connectivity index (χ1v) is 6.11. The average molecular weight is 231 g/mol. The fraction of sp³-hybridized carbons (Fsp3) is 0.462. The Morgan fingerprint density at radius 3 is 2.88 bits per heavy atom. The number of aromatic nitrogens is 2. The normalized spacial score (nSPS) is 17.5. The number of rotatable bonds is 2. The molecule has 2 N–H and O–H groups in total. The van der Waals surface area contributed by atoms with E-state index in [1.165, 1.54) is 18.5 Å². The van der Waals surface area contributed by atoms with Crippen molar-refractivity contribution in [2.75, 3.05) is 20.2 Å². The second kappa shape index (κ2) is 4.37. The lowest BCUT2D eigenvalue weighted by molar-refractivity contribution is 0.399. The van der Waals surface area contributed by atoms with E-state index in [-0.39, 0.29) is 0 Å². The Morgan fingerprint density at radius 2 is 2.12 bits per heavy atom. The Labute approximate surface area is 100 Å². The zero-order valence-corrected chi connectivity index (χ0v) is 9.99. The van der Waals surface area contributed by atoms with Crippen molar-refractivity contribution in [3.8, 4) is 5.88 Å². The summed E-state index contributed by atoms with van der Waals surface area (Å²) in [5.74, 6) is 1.31. The molecule has 0 atom stereocenters. The van der Waals surface area contributed by atoms with Gasteiger partial charge in [-0.3, -0.25) is 0 Å². The standard InChI is InChI=1S/C13H17N3O/c1-17-13-3-2-10-12(16-13)8-11(15-10)9-4-6-14-7-5-9/h2-3,8-9,14-15H,4-7H2,1H3. The molecule has 90 valence electrons. The number of nitrogens with zero attached hydrogens (tertiary/aromatic N) is 1. The van der Waals surface area contributed by atoms with E-state index in [0.29, 0.717) is 11.8 Å².